The number of rotatable bonds is 3. The van der Waals surface area contributed by atoms with E-state index in [1.165, 1.54) is 6.20 Å². The third-order valence-corrected chi connectivity index (χ3v) is 4.31. The first-order chi connectivity index (χ1) is 12.1. The van der Waals surface area contributed by atoms with Crippen molar-refractivity contribution in [1.82, 2.24) is 24.5 Å². The molecule has 0 spiro atoms. The van der Waals surface area contributed by atoms with Crippen LogP contribution >= 0.6 is 23.2 Å². The van der Waals surface area contributed by atoms with Crippen molar-refractivity contribution in [1.29, 1.82) is 0 Å². The summed E-state index contributed by atoms with van der Waals surface area (Å²) in [5, 5.41) is 9.24. The van der Waals surface area contributed by atoms with E-state index < -0.39 is 0 Å². The standard InChI is InChI=1S/C17H11Cl2N5O/c18-11-5-6-15(13(19)7-11)24-10-12(21-22-24)9-23-16-4-2-1-3-14(16)20-8-17(23)25/h1-8,10H,9H2. The zero-order valence-electron chi connectivity index (χ0n) is 12.8. The summed E-state index contributed by atoms with van der Waals surface area (Å²) >= 11 is 12.1. The maximum atomic E-state index is 12.2. The highest BCUT2D eigenvalue weighted by atomic mass is 35.5. The van der Waals surface area contributed by atoms with Crippen LogP contribution in [0.1, 0.15) is 5.69 Å². The highest BCUT2D eigenvalue weighted by Crippen LogP contribution is 2.23. The monoisotopic (exact) mass is 371 g/mol. The van der Waals surface area contributed by atoms with Crippen molar-refractivity contribution in [3.8, 4) is 5.69 Å². The smallest absolute Gasteiger partial charge is 0.269 e. The largest absolute Gasteiger partial charge is 0.299 e. The van der Waals surface area contributed by atoms with Gasteiger partial charge in [-0.15, -0.1) is 5.10 Å². The minimum atomic E-state index is -0.197. The summed E-state index contributed by atoms with van der Waals surface area (Å²) in [5.41, 5.74) is 2.59. The van der Waals surface area contributed by atoms with Crippen LogP contribution in [0.2, 0.25) is 10.0 Å². The molecule has 124 valence electrons. The lowest BCUT2D eigenvalue weighted by Crippen LogP contribution is -2.21. The lowest BCUT2D eigenvalue weighted by molar-refractivity contribution is 0.750. The van der Waals surface area contributed by atoms with Gasteiger partial charge in [-0.25, -0.2) is 9.67 Å². The Balaban J connectivity index is 1.73. The summed E-state index contributed by atoms with van der Waals surface area (Å²) in [5.74, 6) is 0. The maximum absolute atomic E-state index is 12.2. The SMILES string of the molecule is O=c1cnc2ccccc2n1Cc1cn(-c2ccc(Cl)cc2Cl)nn1. The van der Waals surface area contributed by atoms with Gasteiger partial charge in [-0.05, 0) is 30.3 Å². The minimum Gasteiger partial charge on any atom is -0.299 e. The number of nitrogens with zero attached hydrogens (tertiary/aromatic N) is 5. The Morgan fingerprint density at radius 1 is 1.08 bits per heavy atom. The molecule has 2 heterocycles. The van der Waals surface area contributed by atoms with E-state index in [-0.39, 0.29) is 12.1 Å². The van der Waals surface area contributed by atoms with Crippen LogP contribution in [0, 0.1) is 0 Å². The van der Waals surface area contributed by atoms with Crippen LogP contribution in [-0.2, 0) is 6.54 Å². The molecule has 0 bridgehead atoms. The van der Waals surface area contributed by atoms with Crippen molar-refractivity contribution in [2.24, 2.45) is 0 Å². The molecule has 0 radical (unpaired) electrons. The Morgan fingerprint density at radius 2 is 1.92 bits per heavy atom. The predicted octanol–water partition coefficient (Wildman–Crippen LogP) is 3.33. The van der Waals surface area contributed by atoms with Crippen molar-refractivity contribution in [3.63, 3.8) is 0 Å². The fourth-order valence-electron chi connectivity index (χ4n) is 2.60. The van der Waals surface area contributed by atoms with Crippen LogP contribution in [0.4, 0.5) is 0 Å². The van der Waals surface area contributed by atoms with Crippen molar-refractivity contribution >= 4 is 34.2 Å². The van der Waals surface area contributed by atoms with Crippen LogP contribution in [-0.4, -0.2) is 24.5 Å². The third kappa shape index (κ3) is 3.01. The zero-order chi connectivity index (χ0) is 17.4. The fraction of sp³-hybridized carbons (Fsp3) is 0.0588. The van der Waals surface area contributed by atoms with E-state index in [1.54, 1.807) is 33.6 Å². The van der Waals surface area contributed by atoms with E-state index in [4.69, 9.17) is 23.2 Å². The molecule has 0 aliphatic rings. The topological polar surface area (TPSA) is 65.6 Å². The van der Waals surface area contributed by atoms with E-state index in [0.717, 1.165) is 11.0 Å². The molecule has 2 aromatic carbocycles. The minimum absolute atomic E-state index is 0.197. The molecule has 0 aliphatic carbocycles. The second kappa shape index (κ2) is 6.31. The molecular weight excluding hydrogens is 361 g/mol. The van der Waals surface area contributed by atoms with Gasteiger partial charge in [0.05, 0.1) is 40.7 Å². The van der Waals surface area contributed by atoms with Gasteiger partial charge in [-0.3, -0.25) is 9.36 Å². The molecule has 6 nitrogen and oxygen atoms in total. The maximum Gasteiger partial charge on any atom is 0.269 e. The molecule has 4 aromatic rings. The Hall–Kier alpha value is -2.70. The second-order valence-corrected chi connectivity index (χ2v) is 6.27. The van der Waals surface area contributed by atoms with Gasteiger partial charge in [-0.1, -0.05) is 40.5 Å². The van der Waals surface area contributed by atoms with Gasteiger partial charge in [0.15, 0.2) is 0 Å². The van der Waals surface area contributed by atoms with E-state index in [1.807, 2.05) is 24.3 Å². The molecule has 0 aliphatic heterocycles. The number of halogens is 2. The molecule has 0 N–H and O–H groups in total. The Kier molecular flexibility index (Phi) is 3.99. The van der Waals surface area contributed by atoms with Crippen LogP contribution in [0.15, 0.2) is 59.7 Å². The number of aromatic nitrogens is 5. The molecule has 25 heavy (non-hydrogen) atoms. The summed E-state index contributed by atoms with van der Waals surface area (Å²) in [6.45, 7) is 0.285. The van der Waals surface area contributed by atoms with Crippen molar-refractivity contribution in [2.75, 3.05) is 0 Å². The van der Waals surface area contributed by atoms with Crippen LogP contribution < -0.4 is 5.56 Å². The Morgan fingerprint density at radius 3 is 2.76 bits per heavy atom. The molecule has 4 rings (SSSR count). The summed E-state index contributed by atoms with van der Waals surface area (Å²) in [7, 11) is 0. The van der Waals surface area contributed by atoms with Gasteiger partial charge in [0.2, 0.25) is 0 Å². The van der Waals surface area contributed by atoms with E-state index >= 15 is 0 Å². The first-order valence-corrected chi connectivity index (χ1v) is 8.18. The van der Waals surface area contributed by atoms with Gasteiger partial charge in [0, 0.05) is 5.02 Å². The van der Waals surface area contributed by atoms with Crippen molar-refractivity contribution < 1.29 is 0 Å². The highest BCUT2D eigenvalue weighted by molar-refractivity contribution is 6.35. The lowest BCUT2D eigenvalue weighted by Gasteiger charge is -2.07. The van der Waals surface area contributed by atoms with Crippen molar-refractivity contribution in [3.05, 3.63) is 81.0 Å². The fourth-order valence-corrected chi connectivity index (χ4v) is 3.09. The quantitative estimate of drug-likeness (QED) is 0.553. The van der Waals surface area contributed by atoms with Crippen LogP contribution in [0.25, 0.3) is 16.7 Å². The second-order valence-electron chi connectivity index (χ2n) is 5.42. The number of para-hydroxylation sites is 2. The van der Waals surface area contributed by atoms with Gasteiger partial charge in [0.1, 0.15) is 5.69 Å². The predicted molar refractivity (Wildman–Crippen MR) is 96.5 cm³/mol. The number of hydrogen-bond acceptors (Lipinski definition) is 4. The molecule has 0 saturated carbocycles. The summed E-state index contributed by atoms with van der Waals surface area (Å²) in [6.07, 6.45) is 3.04. The van der Waals surface area contributed by atoms with E-state index in [0.29, 0.717) is 21.4 Å². The summed E-state index contributed by atoms with van der Waals surface area (Å²) in [6, 6.07) is 12.6. The average molecular weight is 372 g/mol. The van der Waals surface area contributed by atoms with Gasteiger partial charge >= 0.3 is 0 Å². The number of benzene rings is 2. The van der Waals surface area contributed by atoms with E-state index in [9.17, 15) is 4.79 Å². The number of fused-ring (bicyclic) bond motifs is 1. The van der Waals surface area contributed by atoms with Crippen molar-refractivity contribution in [2.45, 2.75) is 6.54 Å². The molecule has 2 aromatic heterocycles. The van der Waals surface area contributed by atoms with Gasteiger partial charge in [0.25, 0.3) is 5.56 Å². The van der Waals surface area contributed by atoms with E-state index in [2.05, 4.69) is 15.3 Å². The highest BCUT2D eigenvalue weighted by Gasteiger charge is 2.10. The first-order valence-electron chi connectivity index (χ1n) is 7.43. The molecular formula is C17H11Cl2N5O. The average Bonchev–Trinajstić information content (AvgIpc) is 3.06. The number of hydrogen-bond donors (Lipinski definition) is 0. The molecule has 0 saturated heterocycles. The Bertz CT molecular complexity index is 1140. The van der Waals surface area contributed by atoms with Crippen LogP contribution in [0.3, 0.4) is 0 Å². The summed E-state index contributed by atoms with van der Waals surface area (Å²) < 4.78 is 3.17. The molecule has 0 fully saturated rings. The normalized spacial score (nSPS) is 11.1. The lowest BCUT2D eigenvalue weighted by atomic mass is 10.3. The van der Waals surface area contributed by atoms with Crippen LogP contribution in [0.5, 0.6) is 0 Å². The zero-order valence-corrected chi connectivity index (χ0v) is 14.3. The molecule has 0 amide bonds. The van der Waals surface area contributed by atoms with Gasteiger partial charge in [-0.2, -0.15) is 0 Å². The summed E-state index contributed by atoms with van der Waals surface area (Å²) in [4.78, 5) is 16.4. The third-order valence-electron chi connectivity index (χ3n) is 3.77. The molecule has 8 heteroatoms. The molecule has 0 unspecified atom stereocenters. The first kappa shape index (κ1) is 15.8. The van der Waals surface area contributed by atoms with Gasteiger partial charge < -0.3 is 0 Å². The molecule has 0 atom stereocenters. The Labute approximate surface area is 152 Å².